The summed E-state index contributed by atoms with van der Waals surface area (Å²) in [7, 11) is 0. The van der Waals surface area contributed by atoms with Crippen LogP contribution in [0.5, 0.6) is 0 Å². The van der Waals surface area contributed by atoms with Gasteiger partial charge in [-0.15, -0.1) is 0 Å². The summed E-state index contributed by atoms with van der Waals surface area (Å²) in [5.41, 5.74) is 0. The van der Waals surface area contributed by atoms with Gasteiger partial charge in [0.2, 0.25) is 0 Å². The van der Waals surface area contributed by atoms with Gasteiger partial charge in [0.1, 0.15) is 13.2 Å². The van der Waals surface area contributed by atoms with Gasteiger partial charge in [-0.1, -0.05) is 330 Å². The predicted molar refractivity (Wildman–Crippen MR) is 307 cm³/mol. The molecule has 0 N–H and O–H groups in total. The van der Waals surface area contributed by atoms with Gasteiger partial charge in [-0.25, -0.2) is 0 Å². The molecule has 0 radical (unpaired) electrons. The molecule has 0 aliphatic rings. The van der Waals surface area contributed by atoms with E-state index in [4.69, 9.17) is 14.2 Å². The normalized spacial score (nSPS) is 12.4. The molecule has 0 fully saturated rings. The molecular weight excluding hydrogens is 877 g/mol. The van der Waals surface area contributed by atoms with E-state index in [0.29, 0.717) is 19.3 Å². The minimum absolute atomic E-state index is 0.0621. The molecule has 422 valence electrons. The second-order valence-corrected chi connectivity index (χ2v) is 23.1. The zero-order chi connectivity index (χ0) is 51.8. The lowest BCUT2D eigenvalue weighted by Crippen LogP contribution is -2.30. The van der Waals surface area contributed by atoms with Gasteiger partial charge in [0.15, 0.2) is 6.10 Å². The van der Waals surface area contributed by atoms with Crippen molar-refractivity contribution in [2.24, 2.45) is 11.8 Å². The molecule has 6 heteroatoms. The maximum absolute atomic E-state index is 12.9. The van der Waals surface area contributed by atoms with E-state index in [1.807, 2.05) is 0 Å². The molecule has 0 bridgehead atoms. The third kappa shape index (κ3) is 57.5. The largest absolute Gasteiger partial charge is 0.462 e. The Bertz CT molecular complexity index is 1090. The maximum atomic E-state index is 12.9. The minimum atomic E-state index is -0.764. The number of unbranched alkanes of at least 4 members (excludes halogenated alkanes) is 43. The van der Waals surface area contributed by atoms with Crippen molar-refractivity contribution in [3.63, 3.8) is 0 Å². The first-order valence-electron chi connectivity index (χ1n) is 32.3. The lowest BCUT2D eigenvalue weighted by atomic mass is 9.99. The van der Waals surface area contributed by atoms with Crippen LogP contribution in [0.1, 0.15) is 369 Å². The van der Waals surface area contributed by atoms with E-state index < -0.39 is 6.10 Å². The number of esters is 3. The highest BCUT2D eigenvalue weighted by atomic mass is 16.6. The molecule has 0 saturated heterocycles. The Morgan fingerprint density at radius 3 is 0.803 bits per heavy atom. The fourth-order valence-electron chi connectivity index (χ4n) is 10.1. The van der Waals surface area contributed by atoms with Gasteiger partial charge in [-0.05, 0) is 31.1 Å². The summed E-state index contributed by atoms with van der Waals surface area (Å²) >= 11 is 0. The Labute approximate surface area is 444 Å². The Morgan fingerprint density at radius 2 is 0.535 bits per heavy atom. The van der Waals surface area contributed by atoms with E-state index in [9.17, 15) is 14.4 Å². The number of hydrogen-bond acceptors (Lipinski definition) is 6. The molecule has 0 aromatic carbocycles. The Hall–Kier alpha value is -1.59. The van der Waals surface area contributed by atoms with Crippen molar-refractivity contribution in [3.05, 3.63) is 0 Å². The van der Waals surface area contributed by atoms with Gasteiger partial charge in [0.25, 0.3) is 0 Å². The molecule has 71 heavy (non-hydrogen) atoms. The number of rotatable bonds is 59. The number of carbonyl (C=O) groups is 3. The Balaban J connectivity index is 4.24. The monoisotopic (exact) mass is 1000 g/mol. The first-order valence-corrected chi connectivity index (χ1v) is 32.3. The van der Waals surface area contributed by atoms with Crippen LogP contribution in [-0.2, 0) is 28.6 Å². The average molecular weight is 1000 g/mol. The molecule has 6 nitrogen and oxygen atoms in total. The van der Waals surface area contributed by atoms with E-state index in [0.717, 1.165) is 69.6 Å². The quantitative estimate of drug-likeness (QED) is 0.0343. The van der Waals surface area contributed by atoms with Crippen LogP contribution in [0.4, 0.5) is 0 Å². The summed E-state index contributed by atoms with van der Waals surface area (Å²) in [5, 5.41) is 0. The summed E-state index contributed by atoms with van der Waals surface area (Å²) < 4.78 is 17.0. The molecular formula is C65H126O6. The summed E-state index contributed by atoms with van der Waals surface area (Å²) in [6, 6.07) is 0. The van der Waals surface area contributed by atoms with Crippen molar-refractivity contribution >= 4 is 17.9 Å². The highest BCUT2D eigenvalue weighted by Gasteiger charge is 2.19. The Morgan fingerprint density at radius 1 is 0.296 bits per heavy atom. The molecule has 0 spiro atoms. The second kappa shape index (κ2) is 57.7. The molecule has 0 saturated carbocycles. The van der Waals surface area contributed by atoms with Crippen LogP contribution in [-0.4, -0.2) is 37.2 Å². The fraction of sp³-hybridized carbons (Fsp3) is 0.954. The van der Waals surface area contributed by atoms with E-state index in [2.05, 4.69) is 34.6 Å². The molecule has 0 aromatic rings. The van der Waals surface area contributed by atoms with Gasteiger partial charge in [-0.3, -0.25) is 14.4 Å². The molecule has 0 aromatic heterocycles. The van der Waals surface area contributed by atoms with Crippen molar-refractivity contribution in [2.45, 2.75) is 375 Å². The van der Waals surface area contributed by atoms with Gasteiger partial charge < -0.3 is 14.2 Å². The molecule has 0 heterocycles. The number of hydrogen-bond donors (Lipinski definition) is 0. The summed E-state index contributed by atoms with van der Waals surface area (Å²) in [6.45, 7) is 11.5. The van der Waals surface area contributed by atoms with Crippen LogP contribution in [0.3, 0.4) is 0 Å². The molecule has 2 atom stereocenters. The third-order valence-corrected chi connectivity index (χ3v) is 15.3. The summed E-state index contributed by atoms with van der Waals surface area (Å²) in [4.78, 5) is 38.3. The standard InChI is InChI=1S/C65H126O6/c1-6-8-9-10-11-12-13-14-15-18-22-25-30-35-40-45-50-55-63(66)69-58-62(71-65(68)57-52-47-42-37-32-27-28-33-38-43-48-53-60(3)4)59-70-64(67)56-51-46-41-36-31-26-23-20-17-16-19-21-24-29-34-39-44-49-54-61(5)7-2/h60-62H,6-59H2,1-5H3/t61?,62-/m0/s1. The van der Waals surface area contributed by atoms with Crippen LogP contribution in [0.2, 0.25) is 0 Å². The van der Waals surface area contributed by atoms with Gasteiger partial charge in [0.05, 0.1) is 0 Å². The van der Waals surface area contributed by atoms with Crippen LogP contribution in [0, 0.1) is 11.8 Å². The molecule has 0 rings (SSSR count). The SMILES string of the molecule is CCCCCCCCCCCCCCCCCCCC(=O)OC[C@@H](COC(=O)CCCCCCCCCCCCCCCCCCCCC(C)CC)OC(=O)CCCCCCCCCCCCCC(C)C. The zero-order valence-corrected chi connectivity index (χ0v) is 48.9. The number of ether oxygens (including phenoxy) is 3. The van der Waals surface area contributed by atoms with E-state index in [1.165, 1.54) is 257 Å². The van der Waals surface area contributed by atoms with Crippen molar-refractivity contribution in [1.82, 2.24) is 0 Å². The van der Waals surface area contributed by atoms with Gasteiger partial charge in [0, 0.05) is 19.3 Å². The highest BCUT2D eigenvalue weighted by Crippen LogP contribution is 2.19. The van der Waals surface area contributed by atoms with Gasteiger partial charge >= 0.3 is 17.9 Å². The predicted octanol–water partition coefficient (Wildman–Crippen LogP) is 21.6. The lowest BCUT2D eigenvalue weighted by molar-refractivity contribution is -0.167. The topological polar surface area (TPSA) is 78.9 Å². The lowest BCUT2D eigenvalue weighted by Gasteiger charge is -2.18. The minimum Gasteiger partial charge on any atom is -0.462 e. The van der Waals surface area contributed by atoms with Crippen molar-refractivity contribution in [3.8, 4) is 0 Å². The molecule has 1 unspecified atom stereocenters. The molecule has 0 amide bonds. The smallest absolute Gasteiger partial charge is 0.306 e. The third-order valence-electron chi connectivity index (χ3n) is 15.3. The maximum Gasteiger partial charge on any atom is 0.306 e. The van der Waals surface area contributed by atoms with Crippen molar-refractivity contribution in [1.29, 1.82) is 0 Å². The highest BCUT2D eigenvalue weighted by molar-refractivity contribution is 5.71. The molecule has 0 aliphatic heterocycles. The van der Waals surface area contributed by atoms with E-state index in [1.54, 1.807) is 0 Å². The van der Waals surface area contributed by atoms with Crippen LogP contribution < -0.4 is 0 Å². The van der Waals surface area contributed by atoms with Crippen molar-refractivity contribution in [2.75, 3.05) is 13.2 Å². The fourth-order valence-corrected chi connectivity index (χ4v) is 10.1. The van der Waals surface area contributed by atoms with Gasteiger partial charge in [-0.2, -0.15) is 0 Å². The van der Waals surface area contributed by atoms with Crippen LogP contribution in [0.15, 0.2) is 0 Å². The average Bonchev–Trinajstić information content (AvgIpc) is 3.36. The first kappa shape index (κ1) is 69.4. The van der Waals surface area contributed by atoms with Crippen LogP contribution >= 0.6 is 0 Å². The molecule has 0 aliphatic carbocycles. The summed E-state index contributed by atoms with van der Waals surface area (Å²) in [6.07, 6.45) is 63.9. The van der Waals surface area contributed by atoms with E-state index in [-0.39, 0.29) is 31.1 Å². The first-order chi connectivity index (χ1) is 34.8. The second-order valence-electron chi connectivity index (χ2n) is 23.1. The zero-order valence-electron chi connectivity index (χ0n) is 48.9. The van der Waals surface area contributed by atoms with Crippen molar-refractivity contribution < 1.29 is 28.6 Å². The van der Waals surface area contributed by atoms with Crippen LogP contribution in [0.25, 0.3) is 0 Å². The summed E-state index contributed by atoms with van der Waals surface area (Å²) in [5.74, 6) is 0.903. The Kier molecular flexibility index (Phi) is 56.4. The number of carbonyl (C=O) groups excluding carboxylic acids is 3. The van der Waals surface area contributed by atoms with E-state index >= 15 is 0 Å².